The second-order valence-corrected chi connectivity index (χ2v) is 25.9. The van der Waals surface area contributed by atoms with Crippen molar-refractivity contribution in [1.29, 1.82) is 15.8 Å². The molecule has 1 aliphatic rings. The Bertz CT molecular complexity index is 5580. The predicted molar refractivity (Wildman–Crippen MR) is 518 cm³/mol. The van der Waals surface area contributed by atoms with Gasteiger partial charge in [-0.15, -0.1) is 0 Å². The number of aromatic carboxylic acids is 2. The Balaban J connectivity index is -0.000000342. The maximum atomic E-state index is 11.4. The molecule has 1 aliphatic heterocycles. The third-order valence-corrected chi connectivity index (χ3v) is 15.6. The van der Waals surface area contributed by atoms with Crippen molar-refractivity contribution in [1.82, 2.24) is 4.90 Å². The summed E-state index contributed by atoms with van der Waals surface area (Å²) in [7, 11) is 0. The third-order valence-electron chi connectivity index (χ3n) is 14.1. The molecule has 37 heteroatoms. The van der Waals surface area contributed by atoms with E-state index in [0.29, 0.717) is 31.5 Å². The second-order valence-electron chi connectivity index (χ2n) is 24.2. The lowest BCUT2D eigenvalue weighted by molar-refractivity contribution is -0.142. The number of thioether (sulfide) groups is 1. The minimum atomic E-state index is -1.45. The molecule has 0 unspecified atom stereocenters. The first-order valence-electron chi connectivity index (χ1n) is 38.7. The molecule has 5 aromatic carbocycles. The van der Waals surface area contributed by atoms with Gasteiger partial charge >= 0.3 is 89.5 Å². The molecule has 0 aromatic heterocycles. The maximum Gasteiger partial charge on any atom is 0.346 e. The number of hydrogen-bond acceptors (Lipinski definition) is 21. The maximum absolute atomic E-state index is 11.4. The van der Waals surface area contributed by atoms with Gasteiger partial charge in [-0.2, -0.15) is 15.8 Å². The number of thiocarbonyl (C=S) groups is 1. The molecular formula is C99H102N4O31S2. The summed E-state index contributed by atoms with van der Waals surface area (Å²) in [6.07, 6.45) is 45.1. The number of aliphatic carboxylic acids is 13. The smallest absolute Gasteiger partial charge is 0.346 e. The number of carbonyl (C=O) groups is 16. The Morgan fingerprint density at radius 1 is 0.331 bits per heavy atom. The van der Waals surface area contributed by atoms with E-state index in [1.807, 2.05) is 145 Å². The first-order valence-corrected chi connectivity index (χ1v) is 39.9. The molecule has 1 fully saturated rings. The van der Waals surface area contributed by atoms with Crippen molar-refractivity contribution in [2.45, 2.75) is 83.1 Å². The molecule has 1 amide bonds. The van der Waals surface area contributed by atoms with Crippen LogP contribution < -0.4 is 0 Å². The van der Waals surface area contributed by atoms with Crippen LogP contribution in [-0.2, 0) is 67.1 Å². The minimum Gasteiger partial charge on any atom is -0.480 e. The molecule has 136 heavy (non-hydrogen) atoms. The number of allylic oxidation sites excluding steroid dienone is 18. The van der Waals surface area contributed by atoms with Gasteiger partial charge in [0, 0.05) is 18.2 Å². The summed E-state index contributed by atoms with van der Waals surface area (Å²) in [6.45, 7) is 20.7. The number of nitriles is 3. The molecule has 0 aliphatic carbocycles. The molecule has 1 heterocycles. The Morgan fingerprint density at radius 3 is 0.949 bits per heavy atom. The fourth-order valence-electron chi connectivity index (χ4n) is 8.06. The van der Waals surface area contributed by atoms with Crippen LogP contribution in [0, 0.1) is 34.0 Å². The molecule has 0 atom stereocenters. The van der Waals surface area contributed by atoms with E-state index in [0.717, 1.165) is 86.5 Å². The lowest BCUT2D eigenvalue weighted by atomic mass is 10.1. The largest absolute Gasteiger partial charge is 0.480 e. The van der Waals surface area contributed by atoms with E-state index in [2.05, 4.69) is 0 Å². The van der Waals surface area contributed by atoms with Crippen molar-refractivity contribution in [3.63, 3.8) is 0 Å². The summed E-state index contributed by atoms with van der Waals surface area (Å²) in [5.41, 5.74) is 5.20. The van der Waals surface area contributed by atoms with Crippen LogP contribution in [0.15, 0.2) is 287 Å². The van der Waals surface area contributed by atoms with Gasteiger partial charge in [0.2, 0.25) is 0 Å². The van der Waals surface area contributed by atoms with E-state index in [1.54, 1.807) is 155 Å². The quantitative estimate of drug-likeness (QED) is 0.00580. The van der Waals surface area contributed by atoms with Gasteiger partial charge in [-0.3, -0.25) is 14.5 Å². The van der Waals surface area contributed by atoms with E-state index in [1.165, 1.54) is 62.4 Å². The monoisotopic (exact) mass is 1910 g/mol. The zero-order chi connectivity index (χ0) is 105. The average Bonchev–Trinajstić information content (AvgIpc) is 1.69. The topological polar surface area (TPSA) is 651 Å². The number of rotatable bonds is 27. The molecule has 0 radical (unpaired) electrons. The predicted octanol–water partition coefficient (Wildman–Crippen LogP) is 17.7. The van der Waals surface area contributed by atoms with Crippen LogP contribution in [0.3, 0.4) is 0 Å². The highest BCUT2D eigenvalue weighted by molar-refractivity contribution is 8.26. The highest BCUT2D eigenvalue weighted by atomic mass is 32.2. The minimum absolute atomic E-state index is 0.218. The second kappa shape index (κ2) is 79.1. The number of benzene rings is 5. The summed E-state index contributed by atoms with van der Waals surface area (Å²) in [5, 5.41) is 150. The average molecular weight is 1910 g/mol. The van der Waals surface area contributed by atoms with Crippen molar-refractivity contribution in [2.24, 2.45) is 0 Å². The highest BCUT2D eigenvalue weighted by Gasteiger charge is 2.32. The van der Waals surface area contributed by atoms with Crippen molar-refractivity contribution < 1.29 is 153 Å². The Labute approximate surface area is 792 Å². The van der Waals surface area contributed by atoms with Crippen molar-refractivity contribution in [3.8, 4) is 18.2 Å². The van der Waals surface area contributed by atoms with Gasteiger partial charge in [-0.25, -0.2) is 67.1 Å². The number of carboxylic acid groups (broad SMARTS) is 15. The molecular weight excluding hydrogens is 1810 g/mol. The molecule has 5 aromatic rings. The lowest BCUT2D eigenvalue weighted by Crippen LogP contribution is -2.33. The molecule has 0 saturated carbocycles. The van der Waals surface area contributed by atoms with Crippen LogP contribution in [0.1, 0.15) is 148 Å². The highest BCUT2D eigenvalue weighted by Crippen LogP contribution is 2.30. The van der Waals surface area contributed by atoms with Gasteiger partial charge in [-0.05, 0) is 182 Å². The van der Waals surface area contributed by atoms with Crippen LogP contribution in [0.2, 0.25) is 0 Å². The van der Waals surface area contributed by atoms with Crippen LogP contribution in [0.5, 0.6) is 0 Å². The van der Waals surface area contributed by atoms with E-state index in [4.69, 9.17) is 105 Å². The van der Waals surface area contributed by atoms with Gasteiger partial charge in [0.1, 0.15) is 62.5 Å². The number of amides is 1. The Hall–Kier alpha value is -18.2. The van der Waals surface area contributed by atoms with E-state index in [-0.39, 0.29) is 29.2 Å². The van der Waals surface area contributed by atoms with Gasteiger partial charge < -0.3 is 76.6 Å². The molecule has 35 nitrogen and oxygen atoms in total. The van der Waals surface area contributed by atoms with Crippen LogP contribution >= 0.6 is 24.0 Å². The van der Waals surface area contributed by atoms with Crippen molar-refractivity contribution in [2.75, 3.05) is 6.54 Å². The van der Waals surface area contributed by atoms with Gasteiger partial charge in [0.15, 0.2) is 0 Å². The number of carboxylic acids is 15. The van der Waals surface area contributed by atoms with Gasteiger partial charge in [0.25, 0.3) is 5.91 Å². The first kappa shape index (κ1) is 129. The molecule has 15 N–H and O–H groups in total. The Morgan fingerprint density at radius 2 is 0.676 bits per heavy atom. The number of nitrogens with zero attached hydrogens (tertiary/aromatic N) is 4. The van der Waals surface area contributed by atoms with Crippen LogP contribution in [-0.4, -0.2) is 188 Å². The van der Waals surface area contributed by atoms with E-state index < -0.39 is 106 Å². The standard InChI is InChI=1S/C13H11NO2.C13H12O4.C12H12O2.2C10H10O2.C7H7NO3S2.C7H7NO2.C7H8O4.C6H8O2.C5H5NO2.C5H6O4.C4H6O2/c1-2-3-10-4-6-11(7-5-10)8-12(9-14)13(15)16;1-2-3-9-4-6-10(7-5-9)8-11(12(14)15)13(16)17;1-2-3-10-4-6-11(7-5-10)8-9-12(13)14;1-2-4-8-5-3-6-9(7-8)10(11)12;1-2-3-8-4-6-9(7-5-8)10(11)12;1-2-4-6(11)8(3-5(9)10)7(12)13-4;1-2-3-4-6(5-8)7(9)10;1-2-3-4-5(6(8)9)7(10)11;1-2-3-4-5-6(7)8;1-2-4(3-6)5(7)8;1-2-3(4(6)7)5(8)9;1-2-3-4(5)6/h2-8H,1H3,(H,15,16);2-8H,1H3,(H,14,15)(H,16,17);2-9H,1H3,(H,13,14);2*2-7H,1H3,(H,11,12);2H,3H2,1H3,(H,9,10);2-4H,1H3,(H,9,10);2-4H,1H3,(H,8,9)(H,10,11);2-5H,1H3,(H,7,8);2H,1H3,(H,7,8);2H,1H3,(H,6,7)(H,8,9);2-3H,1H3,(H,5,6)/b;;;;;4-2+;;;;;;. The summed E-state index contributed by atoms with van der Waals surface area (Å²) in [4.78, 5) is 166. The summed E-state index contributed by atoms with van der Waals surface area (Å²) >= 11 is 5.97. The molecule has 6 rings (SSSR count). The van der Waals surface area contributed by atoms with Crippen LogP contribution in [0.4, 0.5) is 0 Å². The van der Waals surface area contributed by atoms with Gasteiger partial charge in [0.05, 0.1) is 16.0 Å². The van der Waals surface area contributed by atoms with Crippen molar-refractivity contribution >= 4 is 172 Å². The molecule has 0 spiro atoms. The van der Waals surface area contributed by atoms with Crippen LogP contribution in [0.25, 0.3) is 48.6 Å². The normalized spacial score (nSPS) is 11.3. The van der Waals surface area contributed by atoms with E-state index in [9.17, 15) is 76.7 Å². The fourth-order valence-corrected chi connectivity index (χ4v) is 9.24. The molecule has 716 valence electrons. The van der Waals surface area contributed by atoms with E-state index >= 15 is 0 Å². The van der Waals surface area contributed by atoms with Gasteiger partial charge in [-0.1, -0.05) is 249 Å². The zero-order valence-electron chi connectivity index (χ0n) is 75.3. The fraction of sp³-hybridized carbons (Fsp3) is 0.131. The number of hydrogen-bond donors (Lipinski definition) is 15. The third kappa shape index (κ3) is 66.3. The SMILES string of the molecule is C/C=C1/SC(=S)N(CC(=O)O)C1=O.CC=C(C#N)C(=O)O.CC=C(C(=O)O)C(=O)O.CC=CC(=O)O.CC=CC=C(C#N)C(=O)O.CC=CC=C(C(=O)O)C(=O)O.CC=CC=CC(=O)O.CC=Cc1ccc(C(=O)O)cc1.CC=Cc1ccc(C=C(C#N)C(=O)O)cc1.CC=Cc1ccc(C=C(C(=O)O)C(=O)O)cc1.CC=Cc1ccc(C=CC(=O)O)cc1.CC=Cc1cccc(C(=O)O)c1. The molecule has 1 saturated heterocycles. The summed E-state index contributed by atoms with van der Waals surface area (Å²) in [5.74, 6) is -18.1. The first-order chi connectivity index (χ1) is 64.1. The lowest BCUT2D eigenvalue weighted by Gasteiger charge is -2.09. The summed E-state index contributed by atoms with van der Waals surface area (Å²) in [6, 6.07) is 40.1. The summed E-state index contributed by atoms with van der Waals surface area (Å²) < 4.78 is 0.306. The Kier molecular flexibility index (Phi) is 74.8. The molecule has 0 bridgehead atoms. The number of carbonyl (C=O) groups excluding carboxylic acids is 1. The zero-order valence-corrected chi connectivity index (χ0v) is 77.0. The van der Waals surface area contributed by atoms with Crippen molar-refractivity contribution in [3.05, 3.63) is 343 Å².